The van der Waals surface area contributed by atoms with E-state index < -0.39 is 19.0 Å². The number of hydrogen-bond acceptors (Lipinski definition) is 7. The zero-order valence-corrected chi connectivity index (χ0v) is 25.2. The van der Waals surface area contributed by atoms with E-state index in [2.05, 4.69) is 24.4 Å². The summed E-state index contributed by atoms with van der Waals surface area (Å²) in [6.07, 6.45) is 6.63. The summed E-state index contributed by atoms with van der Waals surface area (Å²) in [5.74, 6) is 0.951. The number of methoxy groups -OCH3 is 1. The lowest BCUT2D eigenvalue weighted by Crippen LogP contribution is -2.44. The topological polar surface area (TPSA) is 137 Å². The van der Waals surface area contributed by atoms with Crippen molar-refractivity contribution in [3.63, 3.8) is 0 Å². The molecular formula is C31H41N2O7P. The number of anilines is 1. The maximum absolute atomic E-state index is 12.7. The van der Waals surface area contributed by atoms with Crippen molar-refractivity contribution in [2.45, 2.75) is 63.9 Å². The Kier molecular flexibility index (Phi) is 8.14. The molecule has 4 N–H and O–H groups in total. The number of aromatic hydroxyl groups is 1. The summed E-state index contributed by atoms with van der Waals surface area (Å²) in [6, 6.07) is 9.20. The van der Waals surface area contributed by atoms with Gasteiger partial charge in [0.15, 0.2) is 5.75 Å². The molecule has 0 aliphatic heterocycles. The molecule has 10 heteroatoms. The summed E-state index contributed by atoms with van der Waals surface area (Å²) in [5, 5.41) is 13.1. The maximum Gasteiger partial charge on any atom is 0.256 e. The van der Waals surface area contributed by atoms with Crippen molar-refractivity contribution in [2.24, 2.45) is 23.0 Å². The lowest BCUT2D eigenvalue weighted by atomic mass is 9.55. The Balaban J connectivity index is 1.19. The van der Waals surface area contributed by atoms with E-state index in [9.17, 15) is 19.3 Å². The van der Waals surface area contributed by atoms with Gasteiger partial charge in [0.2, 0.25) is 13.3 Å². The maximum atomic E-state index is 12.7. The fourth-order valence-electron chi connectivity index (χ4n) is 7.68. The fraction of sp³-hybridized carbons (Fsp3) is 0.548. The molecule has 3 aliphatic rings. The Morgan fingerprint density at radius 2 is 1.93 bits per heavy atom. The monoisotopic (exact) mass is 584 g/mol. The third-order valence-corrected chi connectivity index (χ3v) is 10.1. The summed E-state index contributed by atoms with van der Waals surface area (Å²) in [4.78, 5) is 24.4. The third kappa shape index (κ3) is 5.84. The van der Waals surface area contributed by atoms with Crippen LogP contribution in [0, 0.1) is 17.3 Å². The second-order valence-electron chi connectivity index (χ2n) is 12.3. The Morgan fingerprint density at radius 1 is 1.15 bits per heavy atom. The first-order valence-corrected chi connectivity index (χ1v) is 16.9. The average molecular weight is 585 g/mol. The van der Waals surface area contributed by atoms with Gasteiger partial charge in [0.25, 0.3) is 5.91 Å². The molecule has 2 aromatic carbocycles. The van der Waals surface area contributed by atoms with Gasteiger partial charge in [-0.3, -0.25) is 14.2 Å². The number of phenols is 1. The van der Waals surface area contributed by atoms with Crippen molar-refractivity contribution in [3.8, 4) is 17.2 Å². The minimum Gasteiger partial charge on any atom is -0.505 e. The minimum absolute atomic E-state index is 0.0693. The molecule has 0 bridgehead atoms. The van der Waals surface area contributed by atoms with Gasteiger partial charge in [0.1, 0.15) is 17.1 Å². The smallest absolute Gasteiger partial charge is 0.256 e. The molecule has 2 aromatic rings. The third-order valence-electron chi connectivity index (χ3n) is 9.46. The molecule has 0 heterocycles. The minimum atomic E-state index is -2.60. The molecule has 5 unspecified atom stereocenters. The number of primary amides is 1. The van der Waals surface area contributed by atoms with Gasteiger partial charge in [-0.05, 0) is 97.1 Å². The van der Waals surface area contributed by atoms with E-state index in [0.29, 0.717) is 23.5 Å². The number of rotatable bonds is 9. The van der Waals surface area contributed by atoms with Crippen LogP contribution in [0.4, 0.5) is 5.69 Å². The summed E-state index contributed by atoms with van der Waals surface area (Å²) in [7, 11) is -1.23. The van der Waals surface area contributed by atoms with Crippen LogP contribution in [0.25, 0.3) is 0 Å². The quantitative estimate of drug-likeness (QED) is 0.255. The number of fused-ring (bicyclic) bond motifs is 5. The largest absolute Gasteiger partial charge is 0.505 e. The second-order valence-corrected chi connectivity index (χ2v) is 15.0. The van der Waals surface area contributed by atoms with Crippen molar-refractivity contribution in [1.29, 1.82) is 0 Å². The summed E-state index contributed by atoms with van der Waals surface area (Å²) >= 11 is 0. The zero-order chi connectivity index (χ0) is 29.5. The van der Waals surface area contributed by atoms with Crippen molar-refractivity contribution < 1.29 is 33.3 Å². The highest BCUT2D eigenvalue weighted by Gasteiger charge is 2.55. The van der Waals surface area contributed by atoms with Crippen LogP contribution in [-0.2, 0) is 20.5 Å². The van der Waals surface area contributed by atoms with Crippen LogP contribution in [0.15, 0.2) is 30.3 Å². The lowest BCUT2D eigenvalue weighted by Gasteiger charge is -2.50. The van der Waals surface area contributed by atoms with Gasteiger partial charge in [-0.1, -0.05) is 13.0 Å². The standard InChI is InChI=1S/C31H41N2O7P/c1-31-15-13-21-20-8-6-19(40-41(3,4)37)17-18(20)5-7-22(21)23(31)9-12-26(31)39-16-14-27(34)33-24-10-11-25(38-2)28(29(24)35)30(32)36/h6,8,10-11,17,21-23,26,35H,5,7,9,12-16H2,1-4H3,(H2,32,36)(H,33,34). The molecule has 222 valence electrons. The van der Waals surface area contributed by atoms with E-state index in [1.54, 1.807) is 13.3 Å². The van der Waals surface area contributed by atoms with Crippen molar-refractivity contribution in [2.75, 3.05) is 32.4 Å². The molecule has 0 radical (unpaired) electrons. The lowest BCUT2D eigenvalue weighted by molar-refractivity contribution is -0.119. The summed E-state index contributed by atoms with van der Waals surface area (Å²) in [6.45, 7) is 5.92. The fourth-order valence-corrected chi connectivity index (χ4v) is 8.30. The highest BCUT2D eigenvalue weighted by atomic mass is 31.2. The number of carbonyl (C=O) groups is 2. The van der Waals surface area contributed by atoms with E-state index in [0.717, 1.165) is 38.5 Å². The van der Waals surface area contributed by atoms with E-state index in [4.69, 9.17) is 19.7 Å². The molecule has 3 aliphatic carbocycles. The molecule has 5 rings (SSSR count). The van der Waals surface area contributed by atoms with Gasteiger partial charge in [0.05, 0.1) is 31.9 Å². The number of amides is 2. The van der Waals surface area contributed by atoms with Crippen LogP contribution in [0.5, 0.6) is 17.2 Å². The van der Waals surface area contributed by atoms with Gasteiger partial charge >= 0.3 is 0 Å². The molecular weight excluding hydrogens is 543 g/mol. The number of benzene rings is 2. The first kappa shape index (κ1) is 29.5. The van der Waals surface area contributed by atoms with E-state index in [1.165, 1.54) is 30.4 Å². The number of ether oxygens (including phenoxy) is 2. The molecule has 0 aromatic heterocycles. The molecule has 0 spiro atoms. The molecule has 2 amide bonds. The van der Waals surface area contributed by atoms with Gasteiger partial charge < -0.3 is 30.2 Å². The Labute approximate surface area is 241 Å². The Bertz CT molecular complexity index is 1390. The SMILES string of the molecule is COc1ccc(NC(=O)CCOC2CCC3C4CCc5cc(OP(C)(C)=O)ccc5C4CCC23C)c(O)c1C(N)=O. The van der Waals surface area contributed by atoms with Gasteiger partial charge in [0, 0.05) is 13.3 Å². The zero-order valence-electron chi connectivity index (χ0n) is 24.3. The highest BCUT2D eigenvalue weighted by Crippen LogP contribution is 2.61. The summed E-state index contributed by atoms with van der Waals surface area (Å²) in [5.41, 5.74) is 8.11. The molecule has 9 nitrogen and oxygen atoms in total. The van der Waals surface area contributed by atoms with Crippen molar-refractivity contribution in [3.05, 3.63) is 47.0 Å². The second kappa shape index (κ2) is 11.3. The van der Waals surface area contributed by atoms with Crippen LogP contribution >= 0.6 is 7.37 Å². The van der Waals surface area contributed by atoms with Crippen LogP contribution in [-0.4, -0.2) is 50.1 Å². The molecule has 5 atom stereocenters. The number of nitrogens with one attached hydrogen (secondary N) is 1. The normalized spacial score (nSPS) is 26.8. The van der Waals surface area contributed by atoms with E-state index in [-0.39, 0.29) is 47.5 Å². The van der Waals surface area contributed by atoms with E-state index in [1.807, 2.05) is 6.07 Å². The van der Waals surface area contributed by atoms with Crippen molar-refractivity contribution >= 4 is 24.9 Å². The molecule has 2 saturated carbocycles. The first-order valence-electron chi connectivity index (χ1n) is 14.4. The molecule has 2 fully saturated rings. The number of hydrogen-bond donors (Lipinski definition) is 3. The van der Waals surface area contributed by atoms with Gasteiger partial charge in [-0.25, -0.2) is 0 Å². The molecule has 41 heavy (non-hydrogen) atoms. The predicted octanol–water partition coefficient (Wildman–Crippen LogP) is 5.69. The number of aryl methyl sites for hydroxylation is 1. The van der Waals surface area contributed by atoms with Gasteiger partial charge in [-0.2, -0.15) is 0 Å². The summed E-state index contributed by atoms with van der Waals surface area (Å²) < 4.78 is 29.3. The number of carbonyl (C=O) groups excluding carboxylic acids is 2. The van der Waals surface area contributed by atoms with Crippen LogP contribution < -0.4 is 20.3 Å². The first-order chi connectivity index (χ1) is 19.4. The van der Waals surface area contributed by atoms with Crippen LogP contribution in [0.1, 0.15) is 72.9 Å². The predicted molar refractivity (Wildman–Crippen MR) is 157 cm³/mol. The molecule has 0 saturated heterocycles. The number of nitrogens with two attached hydrogens (primary N) is 1. The van der Waals surface area contributed by atoms with E-state index >= 15 is 0 Å². The van der Waals surface area contributed by atoms with Crippen molar-refractivity contribution in [1.82, 2.24) is 0 Å². The Morgan fingerprint density at radius 3 is 2.63 bits per heavy atom. The highest BCUT2D eigenvalue weighted by molar-refractivity contribution is 7.57. The Hall–Kier alpha value is -3.03. The average Bonchev–Trinajstić information content (AvgIpc) is 3.24. The van der Waals surface area contributed by atoms with Crippen LogP contribution in [0.3, 0.4) is 0 Å². The van der Waals surface area contributed by atoms with Gasteiger partial charge in [-0.15, -0.1) is 0 Å². The van der Waals surface area contributed by atoms with Crippen LogP contribution in [0.2, 0.25) is 0 Å².